The average molecular weight is 849 g/mol. The number of fused-ring (bicyclic) bond motifs is 7. The fourth-order valence-electron chi connectivity index (χ4n) is 10.6. The molecule has 1 aliphatic rings. The summed E-state index contributed by atoms with van der Waals surface area (Å²) in [5, 5.41) is 4.43. The highest BCUT2D eigenvalue weighted by Crippen LogP contribution is 2.63. The molecule has 65 heavy (non-hydrogen) atoms. The minimum absolute atomic E-state index is 0.00728. The van der Waals surface area contributed by atoms with Gasteiger partial charge in [-0.2, -0.15) is 0 Å². The second-order valence-electron chi connectivity index (χ2n) is 20.6. The Morgan fingerprint density at radius 1 is 0.400 bits per heavy atom. The zero-order valence-corrected chi connectivity index (χ0v) is 39.0. The first kappa shape index (κ1) is 40.7. The zero-order chi connectivity index (χ0) is 45.0. The van der Waals surface area contributed by atoms with E-state index in [2.05, 4.69) is 242 Å². The van der Waals surface area contributed by atoms with Crippen molar-refractivity contribution in [3.63, 3.8) is 0 Å². The van der Waals surface area contributed by atoms with E-state index in [9.17, 15) is 0 Å². The Balaban J connectivity index is 1.16. The number of furan rings is 2. The number of para-hydroxylation sites is 5. The maximum absolute atomic E-state index is 6.85. The fraction of sp³-hybridized carbons (Fsp3) is 0.213. The quantitative estimate of drug-likeness (QED) is 0.160. The fourth-order valence-corrected chi connectivity index (χ4v) is 10.6. The van der Waals surface area contributed by atoms with E-state index < -0.39 is 0 Å². The molecule has 322 valence electrons. The van der Waals surface area contributed by atoms with Gasteiger partial charge in [0, 0.05) is 44.2 Å². The first-order chi connectivity index (χ1) is 31.1. The molecule has 0 spiro atoms. The largest absolute Gasteiger partial charge is 0.454 e. The van der Waals surface area contributed by atoms with Crippen LogP contribution in [-0.2, 0) is 16.2 Å². The van der Waals surface area contributed by atoms with E-state index in [-0.39, 0.29) is 21.7 Å². The second kappa shape index (κ2) is 14.5. The Labute approximate surface area is 382 Å². The molecule has 0 fully saturated rings. The van der Waals surface area contributed by atoms with Gasteiger partial charge in [-0.25, -0.2) is 0 Å². The summed E-state index contributed by atoms with van der Waals surface area (Å²) < 4.78 is 13.5. The van der Waals surface area contributed by atoms with Crippen LogP contribution in [0.3, 0.4) is 0 Å². The van der Waals surface area contributed by atoms with Crippen LogP contribution in [0.15, 0.2) is 185 Å². The number of hydrogen-bond donors (Lipinski definition) is 0. The number of rotatable bonds is 7. The second-order valence-corrected chi connectivity index (χ2v) is 20.6. The standard InChI is InChI=1S/C61H56N2O2/c1-58(2,3)40-31-35-43(36-32-40)63(52-26-18-24-47-45-22-14-16-28-55(45)65-57(47)52)53-38-50-49(59(4,5)61(8,9)60(50,6)7)37-48(53)39-29-33-42(34-30-39)62(41-19-11-10-12-20-41)51-25-17-23-46-44-21-13-15-27-54(44)64-56(46)51/h10-38H,1-9H3. The van der Waals surface area contributed by atoms with Crippen LogP contribution < -0.4 is 9.80 Å². The number of nitrogens with zero attached hydrogens (tertiary/aromatic N) is 2. The molecule has 0 aliphatic heterocycles. The molecular weight excluding hydrogens is 793 g/mol. The molecule has 1 aliphatic carbocycles. The summed E-state index contributed by atoms with van der Waals surface area (Å²) in [6.45, 7) is 21.4. The summed E-state index contributed by atoms with van der Waals surface area (Å²) in [4.78, 5) is 4.77. The Morgan fingerprint density at radius 3 is 1.40 bits per heavy atom. The molecule has 2 heterocycles. The lowest BCUT2D eigenvalue weighted by atomic mass is 9.59. The lowest BCUT2D eigenvalue weighted by molar-refractivity contribution is 0.125. The summed E-state index contributed by atoms with van der Waals surface area (Å²) in [7, 11) is 0. The summed E-state index contributed by atoms with van der Waals surface area (Å²) in [5.74, 6) is 0. The van der Waals surface area contributed by atoms with Gasteiger partial charge in [-0.15, -0.1) is 0 Å². The van der Waals surface area contributed by atoms with Crippen molar-refractivity contribution in [3.05, 3.63) is 193 Å². The topological polar surface area (TPSA) is 32.8 Å². The third kappa shape index (κ3) is 6.17. The van der Waals surface area contributed by atoms with Gasteiger partial charge >= 0.3 is 0 Å². The van der Waals surface area contributed by atoms with Gasteiger partial charge in [0.25, 0.3) is 0 Å². The molecule has 0 unspecified atom stereocenters. The van der Waals surface area contributed by atoms with Gasteiger partial charge in [0.15, 0.2) is 11.2 Å². The molecule has 0 saturated heterocycles. The third-order valence-corrected chi connectivity index (χ3v) is 15.5. The molecule has 0 bridgehead atoms. The average Bonchev–Trinajstić information content (AvgIpc) is 3.91. The van der Waals surface area contributed by atoms with Crippen LogP contribution in [0.2, 0.25) is 0 Å². The van der Waals surface area contributed by atoms with Crippen molar-refractivity contribution in [2.75, 3.05) is 9.80 Å². The molecule has 0 atom stereocenters. The predicted octanol–water partition coefficient (Wildman–Crippen LogP) is 18.0. The summed E-state index contributed by atoms with van der Waals surface area (Å²) in [6, 6.07) is 63.6. The SMILES string of the molecule is CC(C)(C)c1ccc(N(c2cc3c(cc2-c2ccc(N(c4ccccc4)c4cccc5c4oc4ccccc45)cc2)C(C)(C)C(C)(C)C3(C)C)c2cccc3c2oc2ccccc23)cc1. The van der Waals surface area contributed by atoms with Gasteiger partial charge < -0.3 is 18.6 Å². The molecule has 11 rings (SSSR count). The first-order valence-electron chi connectivity index (χ1n) is 23.0. The smallest absolute Gasteiger partial charge is 0.159 e. The minimum atomic E-state index is -0.121. The van der Waals surface area contributed by atoms with Crippen LogP contribution >= 0.6 is 0 Å². The van der Waals surface area contributed by atoms with E-state index in [0.29, 0.717) is 0 Å². The molecular formula is C61H56N2O2. The number of benzene rings is 8. The minimum Gasteiger partial charge on any atom is -0.454 e. The highest BCUT2D eigenvalue weighted by atomic mass is 16.3. The van der Waals surface area contributed by atoms with Crippen molar-refractivity contribution in [3.8, 4) is 11.1 Å². The molecule has 10 aromatic rings. The highest BCUT2D eigenvalue weighted by molar-refractivity contribution is 6.12. The van der Waals surface area contributed by atoms with Gasteiger partial charge in [-0.1, -0.05) is 165 Å². The first-order valence-corrected chi connectivity index (χ1v) is 23.0. The van der Waals surface area contributed by atoms with Crippen molar-refractivity contribution >= 4 is 78.0 Å². The normalized spacial score (nSPS) is 15.2. The third-order valence-electron chi connectivity index (χ3n) is 15.5. The zero-order valence-electron chi connectivity index (χ0n) is 39.0. The van der Waals surface area contributed by atoms with E-state index >= 15 is 0 Å². The lowest BCUT2D eigenvalue weighted by Gasteiger charge is -2.44. The molecule has 0 saturated carbocycles. The molecule has 0 radical (unpaired) electrons. The molecule has 0 amide bonds. The van der Waals surface area contributed by atoms with E-state index in [0.717, 1.165) is 89.1 Å². The van der Waals surface area contributed by atoms with Crippen molar-refractivity contribution in [1.29, 1.82) is 0 Å². The van der Waals surface area contributed by atoms with Gasteiger partial charge in [-0.05, 0) is 117 Å². The van der Waals surface area contributed by atoms with Crippen LogP contribution in [0.5, 0.6) is 0 Å². The summed E-state index contributed by atoms with van der Waals surface area (Å²) >= 11 is 0. The molecule has 4 heteroatoms. The van der Waals surface area contributed by atoms with Crippen LogP contribution in [0, 0.1) is 5.41 Å². The maximum Gasteiger partial charge on any atom is 0.159 e. The molecule has 4 nitrogen and oxygen atoms in total. The van der Waals surface area contributed by atoms with E-state index in [1.807, 2.05) is 6.07 Å². The Morgan fingerprint density at radius 2 is 0.846 bits per heavy atom. The van der Waals surface area contributed by atoms with Crippen LogP contribution in [0.1, 0.15) is 79.0 Å². The van der Waals surface area contributed by atoms with Crippen LogP contribution in [-0.4, -0.2) is 0 Å². The predicted molar refractivity (Wildman–Crippen MR) is 274 cm³/mol. The van der Waals surface area contributed by atoms with E-state index in [4.69, 9.17) is 8.83 Å². The van der Waals surface area contributed by atoms with E-state index in [1.54, 1.807) is 0 Å². The van der Waals surface area contributed by atoms with Crippen molar-refractivity contribution in [1.82, 2.24) is 0 Å². The summed E-state index contributed by atoms with van der Waals surface area (Å²) in [6.07, 6.45) is 0. The highest BCUT2D eigenvalue weighted by Gasteiger charge is 2.57. The van der Waals surface area contributed by atoms with Crippen LogP contribution in [0.4, 0.5) is 34.1 Å². The van der Waals surface area contributed by atoms with Gasteiger partial charge in [0.2, 0.25) is 0 Å². The number of hydrogen-bond acceptors (Lipinski definition) is 4. The molecule has 8 aromatic carbocycles. The van der Waals surface area contributed by atoms with Crippen molar-refractivity contribution in [2.24, 2.45) is 5.41 Å². The lowest BCUT2D eigenvalue weighted by Crippen LogP contribution is -2.42. The van der Waals surface area contributed by atoms with Crippen molar-refractivity contribution < 1.29 is 8.83 Å². The number of anilines is 6. The van der Waals surface area contributed by atoms with E-state index in [1.165, 1.54) is 16.7 Å². The molecule has 0 N–H and O–H groups in total. The van der Waals surface area contributed by atoms with Gasteiger partial charge in [0.1, 0.15) is 11.2 Å². The Kier molecular flexibility index (Phi) is 9.07. The van der Waals surface area contributed by atoms with Gasteiger partial charge in [-0.3, -0.25) is 0 Å². The van der Waals surface area contributed by atoms with Crippen LogP contribution in [0.25, 0.3) is 55.0 Å². The van der Waals surface area contributed by atoms with Crippen molar-refractivity contribution in [2.45, 2.75) is 78.6 Å². The monoisotopic (exact) mass is 848 g/mol. The van der Waals surface area contributed by atoms with Gasteiger partial charge in [0.05, 0.1) is 17.1 Å². The molecule has 2 aromatic heterocycles. The maximum atomic E-state index is 6.85. The Bertz CT molecular complexity index is 3430. The summed E-state index contributed by atoms with van der Waals surface area (Å²) in [5.41, 5.74) is 15.9. The Hall–Kier alpha value is -7.04.